The molecule has 0 bridgehead atoms. The first-order valence-corrected chi connectivity index (χ1v) is 6.94. The topological polar surface area (TPSA) is 149 Å². The highest BCUT2D eigenvalue weighted by Crippen LogP contribution is 2.14. The van der Waals surface area contributed by atoms with Crippen molar-refractivity contribution in [3.63, 3.8) is 0 Å². The summed E-state index contributed by atoms with van der Waals surface area (Å²) in [6.07, 6.45) is 0. The summed E-state index contributed by atoms with van der Waals surface area (Å²) in [5.74, 6) is -0.454. The largest absolute Gasteiger partial charge is 0.478 e. The predicted molar refractivity (Wildman–Crippen MR) is 86.7 cm³/mol. The van der Waals surface area contributed by atoms with Crippen molar-refractivity contribution in [2.45, 2.75) is 0 Å². The molecule has 26 heavy (non-hydrogen) atoms. The lowest BCUT2D eigenvalue weighted by atomic mass is 10.0. The van der Waals surface area contributed by atoms with Gasteiger partial charge in [-0.15, -0.1) is 0 Å². The molecule has 0 aliphatic rings. The van der Waals surface area contributed by atoms with Crippen molar-refractivity contribution >= 4 is 23.9 Å². The average molecular weight is 354 g/mol. The minimum Gasteiger partial charge on any atom is -0.478 e. The number of hydrogen-bond donors (Lipinski definition) is 4. The van der Waals surface area contributed by atoms with Crippen LogP contribution in [0.25, 0.3) is 0 Å². The Hall–Kier alpha value is -4.12. The SMILES string of the molecule is O=C(O)c1ccc(C#Cc2ccc(C(=O)O)c(C(=O)O)c2)cc1C(=O)O. The van der Waals surface area contributed by atoms with E-state index < -0.39 is 35.0 Å². The maximum atomic E-state index is 11.1. The molecule has 130 valence electrons. The van der Waals surface area contributed by atoms with Gasteiger partial charge in [-0.1, -0.05) is 11.8 Å². The summed E-state index contributed by atoms with van der Waals surface area (Å²) in [6.45, 7) is 0. The number of carboxylic acids is 4. The van der Waals surface area contributed by atoms with Gasteiger partial charge in [-0.2, -0.15) is 0 Å². The van der Waals surface area contributed by atoms with E-state index >= 15 is 0 Å². The van der Waals surface area contributed by atoms with Crippen molar-refractivity contribution in [1.29, 1.82) is 0 Å². The maximum Gasteiger partial charge on any atom is 0.336 e. The second kappa shape index (κ2) is 7.19. The molecule has 0 aliphatic heterocycles. The van der Waals surface area contributed by atoms with E-state index in [1.807, 2.05) is 0 Å². The number of rotatable bonds is 4. The molecular formula is C18H10O8. The fourth-order valence-corrected chi connectivity index (χ4v) is 2.12. The molecule has 4 N–H and O–H groups in total. The highest BCUT2D eigenvalue weighted by atomic mass is 16.4. The van der Waals surface area contributed by atoms with Gasteiger partial charge in [0.15, 0.2) is 0 Å². The van der Waals surface area contributed by atoms with Crippen molar-refractivity contribution in [3.8, 4) is 11.8 Å². The van der Waals surface area contributed by atoms with Crippen LogP contribution in [0, 0.1) is 11.8 Å². The minimum absolute atomic E-state index is 0.201. The molecule has 8 nitrogen and oxygen atoms in total. The van der Waals surface area contributed by atoms with E-state index in [0.29, 0.717) is 0 Å². The molecule has 2 rings (SSSR count). The smallest absolute Gasteiger partial charge is 0.336 e. The van der Waals surface area contributed by atoms with E-state index in [0.717, 1.165) is 24.3 Å². The average Bonchev–Trinajstić information content (AvgIpc) is 2.59. The first-order chi connectivity index (χ1) is 12.2. The van der Waals surface area contributed by atoms with Crippen molar-refractivity contribution in [2.24, 2.45) is 0 Å². The Kier molecular flexibility index (Phi) is 5.04. The Bertz CT molecular complexity index is 928. The molecule has 0 saturated carbocycles. The number of benzene rings is 2. The summed E-state index contributed by atoms with van der Waals surface area (Å²) in [6, 6.07) is 7.00. The summed E-state index contributed by atoms with van der Waals surface area (Å²) >= 11 is 0. The number of carbonyl (C=O) groups is 4. The molecule has 0 atom stereocenters. The molecule has 0 unspecified atom stereocenters. The molecule has 0 saturated heterocycles. The molecule has 0 spiro atoms. The van der Waals surface area contributed by atoms with Gasteiger partial charge in [0.2, 0.25) is 0 Å². The quantitative estimate of drug-likeness (QED) is 0.608. The molecule has 0 heterocycles. The van der Waals surface area contributed by atoms with Gasteiger partial charge in [0, 0.05) is 11.1 Å². The molecule has 0 aromatic heterocycles. The Morgan fingerprint density at radius 3 is 1.12 bits per heavy atom. The molecule has 2 aromatic rings. The third-order valence-corrected chi connectivity index (χ3v) is 3.31. The Labute approximate surface area is 146 Å². The third kappa shape index (κ3) is 3.85. The van der Waals surface area contributed by atoms with Crippen LogP contribution in [0.3, 0.4) is 0 Å². The van der Waals surface area contributed by atoms with Gasteiger partial charge in [0.25, 0.3) is 0 Å². The highest BCUT2D eigenvalue weighted by molar-refractivity contribution is 6.02. The van der Waals surface area contributed by atoms with Crippen LogP contribution < -0.4 is 0 Å². The number of carboxylic acid groups (broad SMARTS) is 4. The van der Waals surface area contributed by atoms with Crippen LogP contribution in [-0.4, -0.2) is 44.3 Å². The van der Waals surface area contributed by atoms with E-state index in [1.54, 1.807) is 0 Å². The fraction of sp³-hybridized carbons (Fsp3) is 0. The normalized spacial score (nSPS) is 9.69. The van der Waals surface area contributed by atoms with E-state index in [1.165, 1.54) is 12.1 Å². The van der Waals surface area contributed by atoms with Gasteiger partial charge in [-0.05, 0) is 36.4 Å². The van der Waals surface area contributed by atoms with E-state index in [-0.39, 0.29) is 22.3 Å². The molecule has 8 heteroatoms. The second-order valence-electron chi connectivity index (χ2n) is 4.99. The van der Waals surface area contributed by atoms with Gasteiger partial charge >= 0.3 is 23.9 Å². The standard InChI is InChI=1S/C18H10O8/c19-15(20)11-5-3-9(7-13(11)17(23)24)1-2-10-4-6-12(16(21)22)14(8-10)18(25)26/h3-8H,(H,19,20)(H,21,22)(H,23,24)(H,25,26). The molecule has 2 aromatic carbocycles. The molecule has 0 fully saturated rings. The Balaban J connectivity index is 2.47. The third-order valence-electron chi connectivity index (χ3n) is 3.31. The van der Waals surface area contributed by atoms with E-state index in [2.05, 4.69) is 11.8 Å². The Morgan fingerprint density at radius 1 is 0.538 bits per heavy atom. The van der Waals surface area contributed by atoms with Crippen LogP contribution in [0.5, 0.6) is 0 Å². The zero-order valence-electron chi connectivity index (χ0n) is 12.9. The Morgan fingerprint density at radius 2 is 0.846 bits per heavy atom. The van der Waals surface area contributed by atoms with Gasteiger partial charge < -0.3 is 20.4 Å². The summed E-state index contributed by atoms with van der Waals surface area (Å²) in [5.41, 5.74) is -1.24. The first kappa shape index (κ1) is 18.2. The predicted octanol–water partition coefficient (Wildman–Crippen LogP) is 1.88. The molecule has 0 amide bonds. The highest BCUT2D eigenvalue weighted by Gasteiger charge is 2.17. The summed E-state index contributed by atoms with van der Waals surface area (Å²) in [4.78, 5) is 44.3. The van der Waals surface area contributed by atoms with Crippen LogP contribution in [-0.2, 0) is 0 Å². The van der Waals surface area contributed by atoms with Gasteiger partial charge in [0.05, 0.1) is 22.3 Å². The van der Waals surface area contributed by atoms with Gasteiger partial charge in [-0.3, -0.25) is 0 Å². The zero-order chi connectivity index (χ0) is 19.4. The number of aromatic carboxylic acids is 4. The van der Waals surface area contributed by atoms with Crippen LogP contribution in [0.4, 0.5) is 0 Å². The summed E-state index contributed by atoms with van der Waals surface area (Å²) in [7, 11) is 0. The first-order valence-electron chi connectivity index (χ1n) is 6.94. The van der Waals surface area contributed by atoms with Crippen LogP contribution >= 0.6 is 0 Å². The van der Waals surface area contributed by atoms with E-state index in [4.69, 9.17) is 20.4 Å². The van der Waals surface area contributed by atoms with Crippen molar-refractivity contribution in [3.05, 3.63) is 69.8 Å². The molecular weight excluding hydrogens is 344 g/mol. The van der Waals surface area contributed by atoms with Crippen LogP contribution in [0.1, 0.15) is 52.6 Å². The molecule has 0 aliphatic carbocycles. The van der Waals surface area contributed by atoms with Crippen LogP contribution in [0.2, 0.25) is 0 Å². The monoisotopic (exact) mass is 354 g/mol. The zero-order valence-corrected chi connectivity index (χ0v) is 12.9. The minimum atomic E-state index is -1.43. The lowest BCUT2D eigenvalue weighted by Crippen LogP contribution is -2.08. The van der Waals surface area contributed by atoms with Crippen molar-refractivity contribution in [1.82, 2.24) is 0 Å². The van der Waals surface area contributed by atoms with Crippen molar-refractivity contribution in [2.75, 3.05) is 0 Å². The summed E-state index contributed by atoms with van der Waals surface area (Å²) < 4.78 is 0. The summed E-state index contributed by atoms with van der Waals surface area (Å²) in [5, 5.41) is 36.1. The van der Waals surface area contributed by atoms with Crippen LogP contribution in [0.15, 0.2) is 36.4 Å². The lowest BCUT2D eigenvalue weighted by molar-refractivity contribution is 0.0651. The van der Waals surface area contributed by atoms with Crippen molar-refractivity contribution < 1.29 is 39.6 Å². The molecule has 0 radical (unpaired) electrons. The van der Waals surface area contributed by atoms with E-state index in [9.17, 15) is 19.2 Å². The fourth-order valence-electron chi connectivity index (χ4n) is 2.12. The maximum absolute atomic E-state index is 11.1. The second-order valence-corrected chi connectivity index (χ2v) is 4.99. The van der Waals surface area contributed by atoms with Gasteiger partial charge in [0.1, 0.15) is 0 Å². The number of hydrogen-bond acceptors (Lipinski definition) is 4. The van der Waals surface area contributed by atoms with Gasteiger partial charge in [-0.25, -0.2) is 19.2 Å². The lowest BCUT2D eigenvalue weighted by Gasteiger charge is -2.02.